The van der Waals surface area contributed by atoms with E-state index in [4.69, 9.17) is 4.74 Å². The van der Waals surface area contributed by atoms with Gasteiger partial charge in [0.2, 0.25) is 0 Å². The van der Waals surface area contributed by atoms with Crippen molar-refractivity contribution in [3.8, 4) is 5.75 Å². The Hall–Kier alpha value is -1.18. The van der Waals surface area contributed by atoms with E-state index in [2.05, 4.69) is 29.6 Å². The van der Waals surface area contributed by atoms with Crippen molar-refractivity contribution in [2.45, 2.75) is 44.9 Å². The fraction of sp³-hybridized carbons (Fsp3) is 0.684. The van der Waals surface area contributed by atoms with Crippen LogP contribution in [0.5, 0.6) is 5.75 Å². The molecule has 0 radical (unpaired) electrons. The first kappa shape index (κ1) is 13.5. The molecule has 1 N–H and O–H groups in total. The fourth-order valence-corrected chi connectivity index (χ4v) is 5.70. The van der Waals surface area contributed by atoms with Crippen LogP contribution in [0, 0.1) is 23.2 Å². The Morgan fingerprint density at radius 1 is 1.00 bits per heavy atom. The van der Waals surface area contributed by atoms with Gasteiger partial charge >= 0.3 is 0 Å². The highest BCUT2D eigenvalue weighted by Gasteiger charge is 2.50. The van der Waals surface area contributed by atoms with Crippen molar-refractivity contribution < 1.29 is 4.74 Å². The lowest BCUT2D eigenvalue weighted by molar-refractivity contribution is -0.0622. The number of nitrogens with one attached hydrogen (secondary N) is 1. The van der Waals surface area contributed by atoms with E-state index in [1.54, 1.807) is 0 Å². The Labute approximate surface area is 128 Å². The monoisotopic (exact) mass is 285 g/mol. The minimum absolute atomic E-state index is 0.639. The summed E-state index contributed by atoms with van der Waals surface area (Å²) in [6.45, 7) is 0.894. The minimum atomic E-state index is 0.639. The van der Waals surface area contributed by atoms with E-state index in [0.717, 1.165) is 35.8 Å². The van der Waals surface area contributed by atoms with Crippen LogP contribution >= 0.6 is 0 Å². The topological polar surface area (TPSA) is 21.3 Å². The summed E-state index contributed by atoms with van der Waals surface area (Å²) in [6, 6.07) is 8.32. The number of hydrogen-bond acceptors (Lipinski definition) is 2. The summed E-state index contributed by atoms with van der Waals surface area (Å²) in [4.78, 5) is 0. The summed E-state index contributed by atoms with van der Waals surface area (Å²) < 4.78 is 6.02. The van der Waals surface area contributed by atoms with Crippen molar-refractivity contribution in [1.29, 1.82) is 0 Å². The van der Waals surface area contributed by atoms with E-state index in [1.165, 1.54) is 44.9 Å². The minimum Gasteiger partial charge on any atom is -0.494 e. The standard InChI is InChI=1S/C19H27NO/c1-20-17-2-4-18(5-3-17)21-7-6-19-11-14-8-15(12-19)10-16(9-14)13-19/h2-5,14-16,20H,6-13H2,1H3. The summed E-state index contributed by atoms with van der Waals surface area (Å²) in [7, 11) is 1.95. The molecule has 0 heterocycles. The number of hydrogen-bond donors (Lipinski definition) is 1. The first-order chi connectivity index (χ1) is 10.2. The second-order valence-corrected chi connectivity index (χ2v) is 7.79. The van der Waals surface area contributed by atoms with Gasteiger partial charge in [0.15, 0.2) is 0 Å². The van der Waals surface area contributed by atoms with Crippen LogP contribution in [0.4, 0.5) is 5.69 Å². The summed E-state index contributed by atoms with van der Waals surface area (Å²) in [6.07, 6.45) is 10.3. The Kier molecular flexibility index (Phi) is 3.35. The molecule has 4 bridgehead atoms. The zero-order valence-electron chi connectivity index (χ0n) is 13.1. The molecule has 0 amide bonds. The van der Waals surface area contributed by atoms with Gasteiger partial charge in [0, 0.05) is 12.7 Å². The molecule has 4 aliphatic carbocycles. The van der Waals surface area contributed by atoms with Crippen LogP contribution in [0.25, 0.3) is 0 Å². The Morgan fingerprint density at radius 2 is 1.57 bits per heavy atom. The van der Waals surface area contributed by atoms with Crippen LogP contribution in [0.1, 0.15) is 44.9 Å². The lowest BCUT2D eigenvalue weighted by Crippen LogP contribution is -2.46. The normalized spacial score (nSPS) is 36.7. The van der Waals surface area contributed by atoms with Gasteiger partial charge in [-0.2, -0.15) is 0 Å². The molecule has 4 fully saturated rings. The fourth-order valence-electron chi connectivity index (χ4n) is 5.70. The first-order valence-electron chi connectivity index (χ1n) is 8.65. The molecule has 5 rings (SSSR count). The average molecular weight is 285 g/mol. The van der Waals surface area contributed by atoms with E-state index in [-0.39, 0.29) is 0 Å². The molecular weight excluding hydrogens is 258 g/mol. The molecule has 114 valence electrons. The molecule has 0 aliphatic heterocycles. The Bertz CT molecular complexity index is 458. The maximum absolute atomic E-state index is 6.02. The zero-order valence-corrected chi connectivity index (χ0v) is 13.1. The second kappa shape index (κ2) is 5.23. The third-order valence-electron chi connectivity index (χ3n) is 6.21. The smallest absolute Gasteiger partial charge is 0.119 e. The number of anilines is 1. The predicted molar refractivity (Wildman–Crippen MR) is 86.7 cm³/mol. The molecule has 4 aliphatic rings. The van der Waals surface area contributed by atoms with Crippen LogP contribution in [0.2, 0.25) is 0 Å². The molecule has 4 saturated carbocycles. The average Bonchev–Trinajstić information content (AvgIpc) is 2.46. The van der Waals surface area contributed by atoms with Crippen molar-refractivity contribution in [2.24, 2.45) is 23.2 Å². The molecule has 0 unspecified atom stereocenters. The van der Waals surface area contributed by atoms with Gasteiger partial charge in [-0.3, -0.25) is 0 Å². The third kappa shape index (κ3) is 2.65. The predicted octanol–water partition coefficient (Wildman–Crippen LogP) is 4.71. The highest BCUT2D eigenvalue weighted by molar-refractivity contribution is 5.45. The third-order valence-corrected chi connectivity index (χ3v) is 6.21. The zero-order chi connectivity index (χ0) is 14.3. The van der Waals surface area contributed by atoms with E-state index in [9.17, 15) is 0 Å². The molecule has 0 saturated heterocycles. The molecule has 0 spiro atoms. The molecule has 0 aromatic heterocycles. The van der Waals surface area contributed by atoms with Crippen molar-refractivity contribution in [3.05, 3.63) is 24.3 Å². The number of rotatable bonds is 5. The summed E-state index contributed by atoms with van der Waals surface area (Å²) in [5, 5.41) is 3.14. The van der Waals surface area contributed by atoms with Gasteiger partial charge in [-0.1, -0.05) is 0 Å². The van der Waals surface area contributed by atoms with E-state index < -0.39 is 0 Å². The van der Waals surface area contributed by atoms with E-state index in [1.807, 2.05) is 7.05 Å². The molecule has 21 heavy (non-hydrogen) atoms. The molecule has 2 nitrogen and oxygen atoms in total. The summed E-state index contributed by atoms with van der Waals surface area (Å²) >= 11 is 0. The molecule has 1 aromatic carbocycles. The highest BCUT2D eigenvalue weighted by Crippen LogP contribution is 2.61. The van der Waals surface area contributed by atoms with Crippen LogP contribution in [-0.4, -0.2) is 13.7 Å². The largest absolute Gasteiger partial charge is 0.494 e. The molecule has 0 atom stereocenters. The first-order valence-corrected chi connectivity index (χ1v) is 8.65. The quantitative estimate of drug-likeness (QED) is 0.845. The number of benzene rings is 1. The van der Waals surface area contributed by atoms with Crippen LogP contribution in [0.15, 0.2) is 24.3 Å². The lowest BCUT2D eigenvalue weighted by atomic mass is 9.49. The Balaban J connectivity index is 1.34. The van der Waals surface area contributed by atoms with Gasteiger partial charge < -0.3 is 10.1 Å². The van der Waals surface area contributed by atoms with Gasteiger partial charge in [0.1, 0.15) is 5.75 Å². The molecule has 2 heteroatoms. The lowest BCUT2D eigenvalue weighted by Gasteiger charge is -2.57. The van der Waals surface area contributed by atoms with Gasteiger partial charge in [-0.25, -0.2) is 0 Å². The van der Waals surface area contributed by atoms with Crippen LogP contribution in [-0.2, 0) is 0 Å². The van der Waals surface area contributed by atoms with Crippen LogP contribution in [0.3, 0.4) is 0 Å². The Morgan fingerprint density at radius 3 is 2.10 bits per heavy atom. The summed E-state index contributed by atoms with van der Waals surface area (Å²) in [5.41, 5.74) is 1.78. The second-order valence-electron chi connectivity index (χ2n) is 7.79. The van der Waals surface area contributed by atoms with Crippen molar-refractivity contribution >= 4 is 5.69 Å². The van der Waals surface area contributed by atoms with Gasteiger partial charge in [0.25, 0.3) is 0 Å². The van der Waals surface area contributed by atoms with Gasteiger partial charge in [-0.05, 0) is 92.4 Å². The highest BCUT2D eigenvalue weighted by atomic mass is 16.5. The SMILES string of the molecule is CNc1ccc(OCCC23CC4CC(CC(C4)C2)C3)cc1. The van der Waals surface area contributed by atoms with Gasteiger partial charge in [0.05, 0.1) is 6.61 Å². The van der Waals surface area contributed by atoms with Crippen LogP contribution < -0.4 is 10.1 Å². The summed E-state index contributed by atoms with van der Waals surface area (Å²) in [5.74, 6) is 4.15. The molecule has 1 aromatic rings. The van der Waals surface area contributed by atoms with E-state index >= 15 is 0 Å². The van der Waals surface area contributed by atoms with Gasteiger partial charge in [-0.15, -0.1) is 0 Å². The van der Waals surface area contributed by atoms with Crippen molar-refractivity contribution in [2.75, 3.05) is 19.0 Å². The van der Waals surface area contributed by atoms with Crippen molar-refractivity contribution in [1.82, 2.24) is 0 Å². The maximum atomic E-state index is 6.02. The maximum Gasteiger partial charge on any atom is 0.119 e. The van der Waals surface area contributed by atoms with Crippen molar-refractivity contribution in [3.63, 3.8) is 0 Å². The molecular formula is C19H27NO. The number of ether oxygens (including phenoxy) is 1. The van der Waals surface area contributed by atoms with E-state index in [0.29, 0.717) is 5.41 Å².